The Morgan fingerprint density at radius 1 is 0.804 bits per heavy atom. The van der Waals surface area contributed by atoms with Gasteiger partial charge in [-0.1, -0.05) is 24.3 Å². The normalized spacial score (nSPS) is 14.2. The molecule has 2 N–H and O–H groups in total. The molecule has 1 aliphatic rings. The number of benzene rings is 3. The Morgan fingerprint density at radius 3 is 1.89 bits per heavy atom. The third kappa shape index (κ3) is 8.72. The lowest BCUT2D eigenvalue weighted by molar-refractivity contribution is -0.385. The summed E-state index contributed by atoms with van der Waals surface area (Å²) in [7, 11) is 0. The molecular weight excluding hydrogens is 592 g/mol. The van der Waals surface area contributed by atoms with E-state index in [4.69, 9.17) is 14.2 Å². The molecule has 0 aliphatic carbocycles. The Bertz CT molecular complexity index is 1650. The topological polar surface area (TPSA) is 149 Å². The second-order valence-electron chi connectivity index (χ2n) is 10.5. The van der Waals surface area contributed by atoms with Crippen molar-refractivity contribution in [1.29, 1.82) is 0 Å². The molecule has 12 heteroatoms. The van der Waals surface area contributed by atoms with Crippen LogP contribution in [0.25, 0.3) is 0 Å². The highest BCUT2D eigenvalue weighted by Gasteiger charge is 2.34. The second-order valence-corrected chi connectivity index (χ2v) is 10.5. The highest BCUT2D eigenvalue weighted by molar-refractivity contribution is 5.92. The maximum Gasteiger partial charge on any atom is 0.336 e. The van der Waals surface area contributed by atoms with Crippen LogP contribution in [-0.4, -0.2) is 54.0 Å². The molecule has 1 unspecified atom stereocenters. The Kier molecular flexibility index (Phi) is 11.1. The van der Waals surface area contributed by atoms with Crippen LogP contribution in [-0.2, 0) is 19.1 Å². The number of allylic oxidation sites excluding steroid dienone is 3. The van der Waals surface area contributed by atoms with Gasteiger partial charge in [-0.25, -0.2) is 4.79 Å². The van der Waals surface area contributed by atoms with E-state index in [0.717, 1.165) is 5.70 Å². The number of nitro benzene ring substituents is 1. The molecule has 46 heavy (non-hydrogen) atoms. The summed E-state index contributed by atoms with van der Waals surface area (Å²) in [6.45, 7) is 7.18. The summed E-state index contributed by atoms with van der Waals surface area (Å²) in [6.07, 6.45) is 1.82. The molecule has 1 aliphatic heterocycles. The molecule has 240 valence electrons. The highest BCUT2D eigenvalue weighted by Crippen LogP contribution is 2.40. The number of para-hydroxylation sites is 1. The Labute approximate surface area is 266 Å². The molecule has 1 atom stereocenters. The third-order valence-corrected chi connectivity index (χ3v) is 7.15. The molecule has 0 fully saturated rings. The molecule has 12 nitrogen and oxygen atoms in total. The van der Waals surface area contributed by atoms with Crippen LogP contribution >= 0.6 is 0 Å². The number of amides is 2. The number of nitrogens with zero attached hydrogens (tertiary/aromatic N) is 2. The first-order valence-corrected chi connectivity index (χ1v) is 14.6. The van der Waals surface area contributed by atoms with Gasteiger partial charge in [0.1, 0.15) is 31.3 Å². The minimum absolute atomic E-state index is 0.0625. The number of hydrogen-bond acceptors (Lipinski definition) is 9. The van der Waals surface area contributed by atoms with Crippen molar-refractivity contribution in [1.82, 2.24) is 4.90 Å². The minimum Gasteiger partial charge on any atom is -0.492 e. The van der Waals surface area contributed by atoms with Gasteiger partial charge in [-0.2, -0.15) is 0 Å². The van der Waals surface area contributed by atoms with Crippen LogP contribution in [0.15, 0.2) is 95.8 Å². The van der Waals surface area contributed by atoms with Gasteiger partial charge in [-0.05, 0) is 62.4 Å². The Balaban J connectivity index is 1.48. The molecule has 0 radical (unpaired) electrons. The average molecular weight is 629 g/mol. The van der Waals surface area contributed by atoms with Gasteiger partial charge in [0.2, 0.25) is 11.8 Å². The Morgan fingerprint density at radius 2 is 1.35 bits per heavy atom. The monoisotopic (exact) mass is 628 g/mol. The predicted molar refractivity (Wildman–Crippen MR) is 172 cm³/mol. The van der Waals surface area contributed by atoms with Gasteiger partial charge < -0.3 is 29.7 Å². The molecule has 0 aromatic heterocycles. The van der Waals surface area contributed by atoms with Gasteiger partial charge in [0.25, 0.3) is 5.69 Å². The highest BCUT2D eigenvalue weighted by atomic mass is 16.6. The van der Waals surface area contributed by atoms with E-state index < -0.39 is 16.8 Å². The van der Waals surface area contributed by atoms with Gasteiger partial charge >= 0.3 is 5.97 Å². The van der Waals surface area contributed by atoms with E-state index in [1.807, 2.05) is 17.9 Å². The van der Waals surface area contributed by atoms with Gasteiger partial charge in [0, 0.05) is 54.2 Å². The van der Waals surface area contributed by atoms with Crippen LogP contribution < -0.4 is 20.1 Å². The fraction of sp³-hybridized carbons (Fsp3) is 0.265. The zero-order valence-corrected chi connectivity index (χ0v) is 26.1. The fourth-order valence-corrected chi connectivity index (χ4v) is 5.13. The summed E-state index contributed by atoms with van der Waals surface area (Å²) < 4.78 is 17.3. The van der Waals surface area contributed by atoms with Crippen LogP contribution in [0.5, 0.6) is 11.5 Å². The molecule has 0 bridgehead atoms. The van der Waals surface area contributed by atoms with Crippen LogP contribution in [0.2, 0.25) is 0 Å². The van der Waals surface area contributed by atoms with Gasteiger partial charge in [0.05, 0.1) is 17.0 Å². The maximum absolute atomic E-state index is 13.6. The molecule has 2 amide bonds. The molecular formula is C34H36N4O8. The first-order chi connectivity index (χ1) is 22.0. The molecule has 3 aromatic carbocycles. The van der Waals surface area contributed by atoms with E-state index >= 15 is 0 Å². The smallest absolute Gasteiger partial charge is 0.336 e. The average Bonchev–Trinajstić information content (AvgIpc) is 3.01. The first-order valence-electron chi connectivity index (χ1n) is 14.6. The van der Waals surface area contributed by atoms with Crippen LogP contribution in [0.3, 0.4) is 0 Å². The van der Waals surface area contributed by atoms with Crippen molar-refractivity contribution in [2.75, 3.05) is 37.0 Å². The molecule has 0 saturated heterocycles. The molecule has 4 rings (SSSR count). The first kappa shape index (κ1) is 33.2. The van der Waals surface area contributed by atoms with Crippen molar-refractivity contribution in [3.05, 3.63) is 112 Å². The van der Waals surface area contributed by atoms with Crippen LogP contribution in [0.4, 0.5) is 17.1 Å². The predicted octanol–water partition coefficient (Wildman–Crippen LogP) is 5.79. The number of nitro groups is 1. The van der Waals surface area contributed by atoms with E-state index in [0.29, 0.717) is 40.7 Å². The van der Waals surface area contributed by atoms with Crippen LogP contribution in [0.1, 0.15) is 39.2 Å². The fourth-order valence-electron chi connectivity index (χ4n) is 5.13. The van der Waals surface area contributed by atoms with Gasteiger partial charge in [0.15, 0.2) is 0 Å². The van der Waals surface area contributed by atoms with E-state index in [2.05, 4.69) is 10.6 Å². The number of ether oxygens (including phenoxy) is 3. The van der Waals surface area contributed by atoms with Gasteiger partial charge in [-0.15, -0.1) is 0 Å². The van der Waals surface area contributed by atoms with E-state index in [9.17, 15) is 24.5 Å². The van der Waals surface area contributed by atoms with Crippen molar-refractivity contribution < 1.29 is 33.5 Å². The number of esters is 1. The lowest BCUT2D eigenvalue weighted by atomic mass is 9.85. The summed E-state index contributed by atoms with van der Waals surface area (Å²) in [4.78, 5) is 49.5. The summed E-state index contributed by atoms with van der Waals surface area (Å²) in [6, 6.07) is 20.1. The molecule has 0 spiro atoms. The number of carbonyl (C=O) groups excluding carboxylic acids is 3. The second kappa shape index (κ2) is 15.4. The minimum atomic E-state index is -0.713. The summed E-state index contributed by atoms with van der Waals surface area (Å²) in [5, 5.41) is 17.3. The molecule has 1 heterocycles. The summed E-state index contributed by atoms with van der Waals surface area (Å²) in [5.74, 6) is -0.540. The van der Waals surface area contributed by atoms with Crippen molar-refractivity contribution in [2.24, 2.45) is 0 Å². The Hall–Kier alpha value is -5.65. The van der Waals surface area contributed by atoms with E-state index in [1.54, 1.807) is 73.7 Å². The summed E-state index contributed by atoms with van der Waals surface area (Å²) >= 11 is 0. The standard InChI is InChI=1S/C34H36N4O8/c1-22-21-31(30-7-5-6-8-32(30)38(42)43)33(34(41)46-20-19-45-29-15-11-27(12-16-29)36-25(4)40)23(2)37(22)17-18-44-28-13-9-26(10-14-28)35-24(3)39/h5-16,21,31H,17-20H2,1-4H3,(H,35,39)(H,36,40). The largest absolute Gasteiger partial charge is 0.492 e. The van der Waals surface area contributed by atoms with Crippen molar-refractivity contribution in [3.63, 3.8) is 0 Å². The number of anilines is 2. The van der Waals surface area contributed by atoms with Crippen molar-refractivity contribution in [3.8, 4) is 11.5 Å². The summed E-state index contributed by atoms with van der Waals surface area (Å²) in [5.41, 5.74) is 3.23. The van der Waals surface area contributed by atoms with E-state index in [-0.39, 0.29) is 42.9 Å². The number of rotatable bonds is 13. The number of nitrogens with one attached hydrogen (secondary N) is 2. The maximum atomic E-state index is 13.6. The zero-order valence-electron chi connectivity index (χ0n) is 26.1. The van der Waals surface area contributed by atoms with Crippen molar-refractivity contribution in [2.45, 2.75) is 33.6 Å². The zero-order chi connectivity index (χ0) is 33.2. The number of hydrogen-bond donors (Lipinski definition) is 2. The van der Waals surface area contributed by atoms with Gasteiger partial charge in [-0.3, -0.25) is 19.7 Å². The number of carbonyl (C=O) groups is 3. The molecule has 3 aromatic rings. The molecule has 0 saturated carbocycles. The van der Waals surface area contributed by atoms with Crippen LogP contribution in [0, 0.1) is 10.1 Å². The van der Waals surface area contributed by atoms with Crippen molar-refractivity contribution >= 4 is 34.8 Å². The lowest BCUT2D eigenvalue weighted by Crippen LogP contribution is -2.33. The third-order valence-electron chi connectivity index (χ3n) is 7.15. The lowest BCUT2D eigenvalue weighted by Gasteiger charge is -2.34. The SMILES string of the molecule is CC(=O)Nc1ccc(OCCOC(=O)C2=C(C)N(CCOc3ccc(NC(C)=O)cc3)C(C)=CC2c2ccccc2[N+](=O)[O-])cc1. The van der Waals surface area contributed by atoms with E-state index in [1.165, 1.54) is 19.9 Å². The quantitative estimate of drug-likeness (QED) is 0.104.